The minimum atomic E-state index is -4.12. The molecule has 0 aliphatic rings. The Hall–Kier alpha value is -3.74. The summed E-state index contributed by atoms with van der Waals surface area (Å²) in [6, 6.07) is 11.4. The Morgan fingerprint density at radius 1 is 1.11 bits per heavy atom. The molecule has 3 N–H and O–H groups in total. The third-order valence-corrected chi connectivity index (χ3v) is 6.95. The molecule has 3 rings (SSSR count). The molecule has 0 saturated carbocycles. The van der Waals surface area contributed by atoms with Crippen LogP contribution < -0.4 is 14.8 Å². The van der Waals surface area contributed by atoms with Crippen LogP contribution in [0, 0.1) is 19.8 Å². The maximum atomic E-state index is 13.2. The molecule has 0 spiro atoms. The first-order valence-electron chi connectivity index (χ1n) is 11.9. The molecule has 0 aliphatic heterocycles. The van der Waals surface area contributed by atoms with E-state index >= 15 is 0 Å². The average Bonchev–Trinajstić information content (AvgIpc) is 3.16. The summed E-state index contributed by atoms with van der Waals surface area (Å²) in [6.07, 6.45) is 0.263. The molecule has 204 valence electrons. The molecule has 0 fully saturated rings. The van der Waals surface area contributed by atoms with Crippen LogP contribution in [0.3, 0.4) is 0 Å². The van der Waals surface area contributed by atoms with E-state index in [0.29, 0.717) is 5.69 Å². The third-order valence-electron chi connectivity index (χ3n) is 5.47. The number of carboxylic acids is 1. The normalized spacial score (nSPS) is 11.5. The molecule has 11 nitrogen and oxygen atoms in total. The number of aryl methyl sites for hydroxylation is 1. The van der Waals surface area contributed by atoms with Gasteiger partial charge < -0.3 is 19.9 Å². The molecule has 0 bridgehead atoms. The van der Waals surface area contributed by atoms with Crippen molar-refractivity contribution in [3.8, 4) is 17.3 Å². The van der Waals surface area contributed by atoms with Gasteiger partial charge in [0.05, 0.1) is 12.3 Å². The number of aromatic carboxylic acids is 1. The van der Waals surface area contributed by atoms with Gasteiger partial charge in [-0.25, -0.2) is 17.9 Å². The highest BCUT2D eigenvalue weighted by Gasteiger charge is 2.26. The summed E-state index contributed by atoms with van der Waals surface area (Å²) < 4.78 is 41.3. The van der Waals surface area contributed by atoms with E-state index in [4.69, 9.17) is 9.47 Å². The summed E-state index contributed by atoms with van der Waals surface area (Å²) >= 11 is 0. The van der Waals surface area contributed by atoms with E-state index < -0.39 is 16.0 Å². The van der Waals surface area contributed by atoms with Crippen molar-refractivity contribution in [1.82, 2.24) is 14.5 Å². The summed E-state index contributed by atoms with van der Waals surface area (Å²) in [5, 5.41) is 16.6. The van der Waals surface area contributed by atoms with E-state index in [2.05, 4.69) is 15.1 Å². The van der Waals surface area contributed by atoms with Crippen molar-refractivity contribution in [1.29, 1.82) is 0 Å². The van der Waals surface area contributed by atoms with E-state index in [1.54, 1.807) is 12.1 Å². The van der Waals surface area contributed by atoms with Crippen molar-refractivity contribution in [2.75, 3.05) is 25.6 Å². The lowest BCUT2D eigenvalue weighted by Gasteiger charge is -2.16. The van der Waals surface area contributed by atoms with Crippen LogP contribution in [-0.2, 0) is 19.6 Å². The van der Waals surface area contributed by atoms with E-state index in [9.17, 15) is 23.1 Å². The standard InChI is InChI=1S/C26H32N4O7S/c1-16(2)14-23(31)28-19-8-11-21(22(15-19)38(34,35)27-12-13-36-5)37-25-18(4)24(26(32)33)29-30(25)20-9-6-17(3)7-10-20/h6-11,15-16,27H,12-14H2,1-5H3,(H,28,31)(H,32,33). The average molecular weight is 545 g/mol. The van der Waals surface area contributed by atoms with Gasteiger partial charge in [-0.05, 0) is 50.1 Å². The maximum Gasteiger partial charge on any atom is 0.356 e. The van der Waals surface area contributed by atoms with Crippen molar-refractivity contribution in [3.63, 3.8) is 0 Å². The van der Waals surface area contributed by atoms with Crippen molar-refractivity contribution in [2.24, 2.45) is 5.92 Å². The fourth-order valence-electron chi connectivity index (χ4n) is 3.59. The molecule has 0 unspecified atom stereocenters. The Labute approximate surface area is 221 Å². The van der Waals surface area contributed by atoms with E-state index in [0.717, 1.165) is 5.56 Å². The van der Waals surface area contributed by atoms with Crippen LogP contribution in [0.1, 0.15) is 41.9 Å². The molecule has 1 heterocycles. The van der Waals surface area contributed by atoms with E-state index in [1.165, 1.54) is 36.9 Å². The first-order chi connectivity index (χ1) is 17.9. The quantitative estimate of drug-likeness (QED) is 0.291. The number of nitrogens with zero attached hydrogens (tertiary/aromatic N) is 2. The second kappa shape index (κ2) is 12.2. The monoisotopic (exact) mass is 544 g/mol. The SMILES string of the molecule is COCCNS(=O)(=O)c1cc(NC(=O)CC(C)C)ccc1Oc1c(C)c(C(=O)O)nn1-c1ccc(C)cc1. The number of nitrogens with one attached hydrogen (secondary N) is 2. The van der Waals surface area contributed by atoms with Gasteiger partial charge in [0, 0.05) is 31.3 Å². The van der Waals surface area contributed by atoms with E-state index in [1.807, 2.05) is 32.9 Å². The Morgan fingerprint density at radius 2 is 1.79 bits per heavy atom. The molecule has 38 heavy (non-hydrogen) atoms. The predicted molar refractivity (Wildman–Crippen MR) is 142 cm³/mol. The number of anilines is 1. The van der Waals surface area contributed by atoms with Crippen LogP contribution in [-0.4, -0.2) is 55.4 Å². The summed E-state index contributed by atoms with van der Waals surface area (Å²) in [5.41, 5.74) is 1.76. The molecule has 12 heteroatoms. The molecular weight excluding hydrogens is 512 g/mol. The van der Waals surface area contributed by atoms with Gasteiger partial charge in [-0.1, -0.05) is 31.5 Å². The van der Waals surface area contributed by atoms with Crippen LogP contribution in [0.25, 0.3) is 5.69 Å². The summed E-state index contributed by atoms with van der Waals surface area (Å²) in [4.78, 5) is 23.9. The van der Waals surface area contributed by atoms with Gasteiger partial charge in [0.2, 0.25) is 21.8 Å². The van der Waals surface area contributed by atoms with Gasteiger partial charge in [0.1, 0.15) is 10.6 Å². The van der Waals surface area contributed by atoms with Gasteiger partial charge >= 0.3 is 5.97 Å². The molecule has 0 atom stereocenters. The topological polar surface area (TPSA) is 149 Å². The third kappa shape index (κ3) is 6.97. The highest BCUT2D eigenvalue weighted by atomic mass is 32.2. The zero-order valence-corrected chi connectivity index (χ0v) is 22.8. The molecule has 3 aromatic rings. The summed E-state index contributed by atoms with van der Waals surface area (Å²) in [6.45, 7) is 7.39. The number of carbonyl (C=O) groups excluding carboxylic acids is 1. The number of methoxy groups -OCH3 is 1. The molecule has 1 aromatic heterocycles. The fourth-order valence-corrected chi connectivity index (χ4v) is 4.75. The van der Waals surface area contributed by atoms with Crippen molar-refractivity contribution in [2.45, 2.75) is 39.0 Å². The molecular formula is C26H32N4O7S. The predicted octanol–water partition coefficient (Wildman–Crippen LogP) is 3.89. The summed E-state index contributed by atoms with van der Waals surface area (Å²) in [7, 11) is -2.68. The Balaban J connectivity index is 2.11. The number of carbonyl (C=O) groups is 2. The lowest BCUT2D eigenvalue weighted by molar-refractivity contribution is -0.116. The van der Waals surface area contributed by atoms with Gasteiger partial charge in [-0.3, -0.25) is 4.79 Å². The van der Waals surface area contributed by atoms with Crippen LogP contribution in [0.5, 0.6) is 11.6 Å². The Kier molecular flexibility index (Phi) is 9.26. The van der Waals surface area contributed by atoms with Crippen LogP contribution in [0.15, 0.2) is 47.4 Å². The number of benzene rings is 2. The Morgan fingerprint density at radius 3 is 2.39 bits per heavy atom. The lowest BCUT2D eigenvalue weighted by Crippen LogP contribution is -2.27. The smallest absolute Gasteiger partial charge is 0.356 e. The van der Waals surface area contributed by atoms with Crippen molar-refractivity contribution < 1.29 is 32.6 Å². The minimum Gasteiger partial charge on any atom is -0.476 e. The van der Waals surface area contributed by atoms with Crippen molar-refractivity contribution in [3.05, 3.63) is 59.3 Å². The zero-order valence-electron chi connectivity index (χ0n) is 21.9. The molecule has 0 saturated heterocycles. The van der Waals surface area contributed by atoms with Gasteiger partial charge in [-0.15, -0.1) is 0 Å². The first kappa shape index (κ1) is 28.8. The Bertz CT molecular complexity index is 1410. The van der Waals surface area contributed by atoms with Crippen LogP contribution in [0.2, 0.25) is 0 Å². The number of hydrogen-bond donors (Lipinski definition) is 3. The maximum absolute atomic E-state index is 13.2. The second-order valence-corrected chi connectivity index (χ2v) is 10.9. The number of amides is 1. The minimum absolute atomic E-state index is 0.00565. The molecule has 0 radical (unpaired) electrons. The van der Waals surface area contributed by atoms with Gasteiger partial charge in [0.15, 0.2) is 5.69 Å². The zero-order chi connectivity index (χ0) is 28.0. The molecule has 1 amide bonds. The second-order valence-electron chi connectivity index (χ2n) is 9.13. The number of aromatic nitrogens is 2. The van der Waals surface area contributed by atoms with Gasteiger partial charge in [-0.2, -0.15) is 9.78 Å². The van der Waals surface area contributed by atoms with Gasteiger partial charge in [0.25, 0.3) is 0 Å². The largest absolute Gasteiger partial charge is 0.476 e. The van der Waals surface area contributed by atoms with Crippen LogP contribution >= 0.6 is 0 Å². The van der Waals surface area contributed by atoms with Crippen molar-refractivity contribution >= 4 is 27.6 Å². The number of sulfonamides is 1. The molecule has 2 aromatic carbocycles. The number of hydrogen-bond acceptors (Lipinski definition) is 7. The number of rotatable bonds is 12. The molecule has 0 aliphatic carbocycles. The fraction of sp³-hybridized carbons (Fsp3) is 0.346. The van der Waals surface area contributed by atoms with E-state index in [-0.39, 0.29) is 64.9 Å². The number of carboxylic acid groups (broad SMARTS) is 1. The number of ether oxygens (including phenoxy) is 2. The highest BCUT2D eigenvalue weighted by molar-refractivity contribution is 7.89. The lowest BCUT2D eigenvalue weighted by atomic mass is 10.1. The first-order valence-corrected chi connectivity index (χ1v) is 13.4. The van der Waals surface area contributed by atoms with Crippen LogP contribution in [0.4, 0.5) is 5.69 Å². The summed E-state index contributed by atoms with van der Waals surface area (Å²) in [5.74, 6) is -1.44. The highest BCUT2D eigenvalue weighted by Crippen LogP contribution is 2.35.